The summed E-state index contributed by atoms with van der Waals surface area (Å²) in [6.07, 6.45) is 2.15. The molecule has 2 aliphatic rings. The Hall–Kier alpha value is -2.00. The van der Waals surface area contributed by atoms with Crippen LogP contribution < -0.4 is 4.74 Å². The first-order valence-corrected chi connectivity index (χ1v) is 8.69. The van der Waals surface area contributed by atoms with Gasteiger partial charge in [-0.25, -0.2) is 0 Å². The summed E-state index contributed by atoms with van der Waals surface area (Å²) in [7, 11) is 1.89. The molecule has 1 atom stereocenters. The molecular weight excluding hydrogens is 322 g/mol. The minimum Gasteiger partial charge on any atom is -0.457 e. The van der Waals surface area contributed by atoms with Crippen molar-refractivity contribution in [2.45, 2.75) is 25.8 Å². The van der Waals surface area contributed by atoms with Crippen LogP contribution in [-0.2, 0) is 4.79 Å². The molecule has 0 saturated heterocycles. The second kappa shape index (κ2) is 5.52. The van der Waals surface area contributed by atoms with Crippen molar-refractivity contribution in [1.29, 1.82) is 0 Å². The molecule has 2 aromatic rings. The maximum Gasteiger partial charge on any atom is 0.229 e. The number of amides is 1. The molecule has 0 aliphatic heterocycles. The summed E-state index contributed by atoms with van der Waals surface area (Å²) in [5, 5.41) is 0.637. The number of benzene rings is 2. The van der Waals surface area contributed by atoms with E-state index in [1.165, 1.54) is 0 Å². The van der Waals surface area contributed by atoms with Crippen molar-refractivity contribution in [3.63, 3.8) is 0 Å². The fraction of sp³-hybridized carbons (Fsp3) is 0.350. The number of carbonyl (C=O) groups excluding carboxylic acids is 1. The molecule has 4 rings (SSSR count). The predicted octanol–water partition coefficient (Wildman–Crippen LogP) is 5.06. The SMILES string of the molecule is CC(c1ccccc1Oc1cccc(Cl)c1)N(C)C(=O)C12CC1C2. The van der Waals surface area contributed by atoms with Gasteiger partial charge in [-0.1, -0.05) is 35.9 Å². The van der Waals surface area contributed by atoms with Crippen LogP contribution in [0.15, 0.2) is 48.5 Å². The third-order valence-corrected chi connectivity index (χ3v) is 5.64. The summed E-state index contributed by atoms with van der Waals surface area (Å²) in [4.78, 5) is 14.5. The molecule has 1 amide bonds. The number of hydrogen-bond acceptors (Lipinski definition) is 2. The summed E-state index contributed by atoms with van der Waals surface area (Å²) in [6.45, 7) is 2.05. The molecule has 0 spiro atoms. The van der Waals surface area contributed by atoms with Gasteiger partial charge in [-0.2, -0.15) is 0 Å². The number of rotatable bonds is 5. The zero-order valence-corrected chi connectivity index (χ0v) is 14.6. The number of carbonyl (C=O) groups is 1. The molecule has 2 fully saturated rings. The highest BCUT2D eigenvalue weighted by Crippen LogP contribution is 2.76. The maximum atomic E-state index is 12.7. The maximum absolute atomic E-state index is 12.7. The molecule has 0 heterocycles. The fourth-order valence-corrected chi connectivity index (χ4v) is 3.54. The van der Waals surface area contributed by atoms with Gasteiger partial charge in [-0.3, -0.25) is 4.79 Å². The highest BCUT2D eigenvalue weighted by molar-refractivity contribution is 6.30. The summed E-state index contributed by atoms with van der Waals surface area (Å²) in [5.74, 6) is 2.38. The topological polar surface area (TPSA) is 29.5 Å². The van der Waals surface area contributed by atoms with Crippen LogP contribution >= 0.6 is 11.6 Å². The Morgan fingerprint density at radius 2 is 1.96 bits per heavy atom. The Morgan fingerprint density at radius 3 is 2.62 bits per heavy atom. The lowest BCUT2D eigenvalue weighted by Crippen LogP contribution is -2.33. The normalized spacial score (nSPS) is 24.7. The molecule has 124 valence electrons. The van der Waals surface area contributed by atoms with E-state index in [0.717, 1.165) is 24.2 Å². The van der Waals surface area contributed by atoms with Crippen molar-refractivity contribution in [3.05, 3.63) is 59.1 Å². The van der Waals surface area contributed by atoms with E-state index in [9.17, 15) is 4.79 Å². The first-order chi connectivity index (χ1) is 11.5. The van der Waals surface area contributed by atoms with E-state index in [0.29, 0.717) is 16.7 Å². The number of hydrogen-bond donors (Lipinski definition) is 0. The lowest BCUT2D eigenvalue weighted by atomic mass is 10.0. The van der Waals surface area contributed by atoms with E-state index in [2.05, 4.69) is 6.92 Å². The van der Waals surface area contributed by atoms with Crippen molar-refractivity contribution >= 4 is 17.5 Å². The van der Waals surface area contributed by atoms with Gasteiger partial charge >= 0.3 is 0 Å². The van der Waals surface area contributed by atoms with Crippen LogP contribution in [-0.4, -0.2) is 17.9 Å². The third-order valence-electron chi connectivity index (χ3n) is 5.40. The second-order valence-electron chi connectivity index (χ2n) is 6.95. The molecule has 2 aromatic carbocycles. The third kappa shape index (κ3) is 2.57. The van der Waals surface area contributed by atoms with E-state index in [-0.39, 0.29) is 17.4 Å². The van der Waals surface area contributed by atoms with E-state index in [1.807, 2.05) is 54.4 Å². The monoisotopic (exact) mass is 341 g/mol. The Kier molecular flexibility index (Phi) is 3.57. The Bertz CT molecular complexity index is 798. The molecule has 0 radical (unpaired) electrons. The summed E-state index contributed by atoms with van der Waals surface area (Å²) in [5.41, 5.74) is 0.994. The van der Waals surface area contributed by atoms with Gasteiger partial charge in [0.05, 0.1) is 11.5 Å². The van der Waals surface area contributed by atoms with Gasteiger partial charge in [0.1, 0.15) is 11.5 Å². The molecule has 2 saturated carbocycles. The van der Waals surface area contributed by atoms with Crippen LogP contribution in [0.3, 0.4) is 0 Å². The molecule has 4 heteroatoms. The number of fused-ring (bicyclic) bond motifs is 1. The zero-order valence-electron chi connectivity index (χ0n) is 13.8. The van der Waals surface area contributed by atoms with Crippen LogP contribution in [0.2, 0.25) is 5.02 Å². The van der Waals surface area contributed by atoms with E-state index in [1.54, 1.807) is 6.07 Å². The lowest BCUT2D eigenvalue weighted by Gasteiger charge is -2.28. The largest absolute Gasteiger partial charge is 0.457 e. The molecule has 24 heavy (non-hydrogen) atoms. The van der Waals surface area contributed by atoms with Crippen molar-refractivity contribution in [1.82, 2.24) is 4.90 Å². The number of para-hydroxylation sites is 1. The van der Waals surface area contributed by atoms with Gasteiger partial charge in [0.25, 0.3) is 0 Å². The van der Waals surface area contributed by atoms with Gasteiger partial charge in [0.15, 0.2) is 0 Å². The molecule has 0 aromatic heterocycles. The van der Waals surface area contributed by atoms with Gasteiger partial charge in [-0.05, 0) is 49.9 Å². The van der Waals surface area contributed by atoms with Gasteiger partial charge in [-0.15, -0.1) is 0 Å². The Balaban J connectivity index is 1.57. The number of ether oxygens (including phenoxy) is 1. The molecule has 0 bridgehead atoms. The fourth-order valence-electron chi connectivity index (χ4n) is 3.36. The second-order valence-corrected chi connectivity index (χ2v) is 7.39. The van der Waals surface area contributed by atoms with Crippen LogP contribution in [0.1, 0.15) is 31.4 Å². The minimum absolute atomic E-state index is 0.00817. The highest BCUT2D eigenvalue weighted by atomic mass is 35.5. The van der Waals surface area contributed by atoms with Crippen molar-refractivity contribution in [2.24, 2.45) is 11.3 Å². The van der Waals surface area contributed by atoms with Gasteiger partial charge in [0, 0.05) is 17.6 Å². The minimum atomic E-state index is -0.0379. The predicted molar refractivity (Wildman–Crippen MR) is 94.3 cm³/mol. The first-order valence-electron chi connectivity index (χ1n) is 8.31. The quantitative estimate of drug-likeness (QED) is 0.760. The molecular formula is C20H20ClNO2. The zero-order chi connectivity index (χ0) is 16.9. The molecule has 3 nitrogen and oxygen atoms in total. The average molecular weight is 342 g/mol. The smallest absolute Gasteiger partial charge is 0.229 e. The van der Waals surface area contributed by atoms with Crippen LogP contribution in [0.25, 0.3) is 0 Å². The Labute approximate surface area is 147 Å². The van der Waals surface area contributed by atoms with Crippen LogP contribution in [0, 0.1) is 11.3 Å². The summed E-state index contributed by atoms with van der Waals surface area (Å²) >= 11 is 6.03. The highest BCUT2D eigenvalue weighted by Gasteiger charge is 2.75. The van der Waals surface area contributed by atoms with Crippen LogP contribution in [0.5, 0.6) is 11.5 Å². The number of halogens is 1. The summed E-state index contributed by atoms with van der Waals surface area (Å²) < 4.78 is 6.03. The van der Waals surface area contributed by atoms with Gasteiger partial charge < -0.3 is 9.64 Å². The number of nitrogens with zero attached hydrogens (tertiary/aromatic N) is 1. The van der Waals surface area contributed by atoms with Gasteiger partial charge in [0.2, 0.25) is 5.91 Å². The van der Waals surface area contributed by atoms with Crippen molar-refractivity contribution in [3.8, 4) is 11.5 Å². The van der Waals surface area contributed by atoms with Crippen molar-refractivity contribution in [2.75, 3.05) is 7.05 Å². The average Bonchev–Trinajstić information content (AvgIpc) is 3.43. The molecule has 1 unspecified atom stereocenters. The molecule has 0 N–H and O–H groups in total. The standard InChI is InChI=1S/C20H20ClNO2/c1-13(22(2)19(23)20-11-14(20)12-20)17-8-3-4-9-18(17)24-16-7-5-6-15(21)10-16/h3-10,13-14H,11-12H2,1-2H3. The van der Waals surface area contributed by atoms with E-state index in [4.69, 9.17) is 16.3 Å². The van der Waals surface area contributed by atoms with E-state index >= 15 is 0 Å². The van der Waals surface area contributed by atoms with Crippen molar-refractivity contribution < 1.29 is 9.53 Å². The lowest BCUT2D eigenvalue weighted by molar-refractivity contribution is -0.135. The van der Waals surface area contributed by atoms with Crippen LogP contribution in [0.4, 0.5) is 0 Å². The Morgan fingerprint density at radius 1 is 1.25 bits per heavy atom. The first kappa shape index (κ1) is 15.5. The summed E-state index contributed by atoms with van der Waals surface area (Å²) in [6, 6.07) is 15.2. The molecule has 2 aliphatic carbocycles. The van der Waals surface area contributed by atoms with E-state index < -0.39 is 0 Å².